The van der Waals surface area contributed by atoms with E-state index < -0.39 is 0 Å². The minimum absolute atomic E-state index is 0.116. The molecule has 0 atom stereocenters. The number of para-hydroxylation sites is 1. The normalized spacial score (nSPS) is 16.6. The van der Waals surface area contributed by atoms with Crippen LogP contribution in [-0.4, -0.2) is 10.6 Å². The van der Waals surface area contributed by atoms with Gasteiger partial charge in [-0.2, -0.15) is 0 Å². The number of benzene rings is 1. The van der Waals surface area contributed by atoms with Gasteiger partial charge in [0.25, 0.3) is 0 Å². The third-order valence-corrected chi connectivity index (χ3v) is 3.74. The lowest BCUT2D eigenvalue weighted by molar-refractivity contribution is 0.139. The smallest absolute Gasteiger partial charge is 0.180 e. The van der Waals surface area contributed by atoms with Crippen molar-refractivity contribution in [3.63, 3.8) is 0 Å². The number of fused-ring (bicyclic) bond motifs is 1. The van der Waals surface area contributed by atoms with Crippen LogP contribution in [0.4, 0.5) is 5.13 Å². The Labute approximate surface area is 104 Å². The van der Waals surface area contributed by atoms with Gasteiger partial charge in [0.1, 0.15) is 11.4 Å². The molecule has 1 aromatic heterocycles. The number of ether oxygens (including phenoxy) is 1. The van der Waals surface area contributed by atoms with E-state index in [1.54, 1.807) is 0 Å². The highest BCUT2D eigenvalue weighted by Crippen LogP contribution is 2.43. The van der Waals surface area contributed by atoms with Crippen LogP contribution >= 0.6 is 11.3 Å². The minimum atomic E-state index is -0.116. The second-order valence-electron chi connectivity index (χ2n) is 4.90. The Morgan fingerprint density at radius 1 is 1.41 bits per heavy atom. The molecule has 3 nitrogen and oxygen atoms in total. The van der Waals surface area contributed by atoms with Gasteiger partial charge in [-0.25, -0.2) is 4.98 Å². The summed E-state index contributed by atoms with van der Waals surface area (Å²) >= 11 is 1.49. The maximum atomic E-state index is 6.03. The summed E-state index contributed by atoms with van der Waals surface area (Å²) in [5, 5.41) is 0.592. The van der Waals surface area contributed by atoms with Crippen LogP contribution in [-0.2, 0) is 6.42 Å². The number of rotatable bonds is 1. The van der Waals surface area contributed by atoms with Crippen molar-refractivity contribution in [3.8, 4) is 16.2 Å². The number of thiazole rings is 1. The Morgan fingerprint density at radius 2 is 2.24 bits per heavy atom. The molecular formula is C13H14N2OS. The van der Waals surface area contributed by atoms with E-state index in [0.29, 0.717) is 5.13 Å². The van der Waals surface area contributed by atoms with Crippen molar-refractivity contribution in [1.82, 2.24) is 4.98 Å². The predicted molar refractivity (Wildman–Crippen MR) is 70.4 cm³/mol. The first-order valence-electron chi connectivity index (χ1n) is 5.58. The molecule has 2 aromatic rings. The summed E-state index contributed by atoms with van der Waals surface area (Å²) in [6.45, 7) is 4.22. The van der Waals surface area contributed by atoms with Crippen LogP contribution in [0.1, 0.15) is 19.4 Å². The molecule has 0 saturated heterocycles. The summed E-state index contributed by atoms with van der Waals surface area (Å²) in [6, 6.07) is 6.25. The summed E-state index contributed by atoms with van der Waals surface area (Å²) in [5.74, 6) is 0.987. The maximum absolute atomic E-state index is 6.03. The van der Waals surface area contributed by atoms with Crippen LogP contribution in [0.2, 0.25) is 0 Å². The zero-order valence-electron chi connectivity index (χ0n) is 9.86. The molecule has 0 spiro atoms. The molecule has 2 heterocycles. The third-order valence-electron chi connectivity index (χ3n) is 2.88. The fourth-order valence-electron chi connectivity index (χ4n) is 2.22. The first-order chi connectivity index (χ1) is 8.05. The van der Waals surface area contributed by atoms with Gasteiger partial charge in [0, 0.05) is 18.2 Å². The van der Waals surface area contributed by atoms with Crippen LogP contribution in [0, 0.1) is 0 Å². The van der Waals surface area contributed by atoms with Gasteiger partial charge in [-0.1, -0.05) is 23.5 Å². The summed E-state index contributed by atoms with van der Waals surface area (Å²) < 4.78 is 6.03. The average Bonchev–Trinajstić information content (AvgIpc) is 2.78. The van der Waals surface area contributed by atoms with Gasteiger partial charge in [-0.3, -0.25) is 0 Å². The molecule has 2 N–H and O–H groups in total. The molecule has 1 aromatic carbocycles. The summed E-state index contributed by atoms with van der Waals surface area (Å²) in [5.41, 5.74) is 7.93. The number of aromatic nitrogens is 1. The molecule has 0 aliphatic carbocycles. The number of hydrogen-bond acceptors (Lipinski definition) is 4. The average molecular weight is 246 g/mol. The summed E-state index contributed by atoms with van der Waals surface area (Å²) in [6.07, 6.45) is 2.76. The first-order valence-corrected chi connectivity index (χ1v) is 6.39. The summed E-state index contributed by atoms with van der Waals surface area (Å²) in [7, 11) is 0. The van der Waals surface area contributed by atoms with Gasteiger partial charge >= 0.3 is 0 Å². The van der Waals surface area contributed by atoms with Gasteiger partial charge in [-0.15, -0.1) is 0 Å². The Kier molecular flexibility index (Phi) is 2.16. The zero-order chi connectivity index (χ0) is 12.0. The van der Waals surface area contributed by atoms with Gasteiger partial charge in [-0.05, 0) is 25.5 Å². The molecule has 88 valence electrons. The zero-order valence-corrected chi connectivity index (χ0v) is 10.7. The van der Waals surface area contributed by atoms with Crippen LogP contribution in [0.5, 0.6) is 5.75 Å². The molecule has 4 heteroatoms. The highest BCUT2D eigenvalue weighted by molar-refractivity contribution is 7.18. The number of nitrogens with two attached hydrogens (primary N) is 1. The van der Waals surface area contributed by atoms with Crippen LogP contribution in [0.15, 0.2) is 24.4 Å². The number of hydrogen-bond donors (Lipinski definition) is 1. The van der Waals surface area contributed by atoms with E-state index in [4.69, 9.17) is 10.5 Å². The standard InChI is InChI=1S/C13H14N2OS/c1-13(2)6-8-4-3-5-9(11(8)16-13)10-7-15-12(14)17-10/h3-5,7H,6H2,1-2H3,(H2,14,15). The number of nitrogens with zero attached hydrogens (tertiary/aromatic N) is 1. The van der Waals surface area contributed by atoms with Crippen LogP contribution in [0.25, 0.3) is 10.4 Å². The second-order valence-corrected chi connectivity index (χ2v) is 5.96. The Hall–Kier alpha value is -1.55. The fraction of sp³-hybridized carbons (Fsp3) is 0.308. The van der Waals surface area contributed by atoms with Crippen molar-refractivity contribution in [3.05, 3.63) is 30.0 Å². The van der Waals surface area contributed by atoms with E-state index in [1.165, 1.54) is 16.9 Å². The lowest BCUT2D eigenvalue weighted by Crippen LogP contribution is -2.24. The van der Waals surface area contributed by atoms with Crippen LogP contribution in [0.3, 0.4) is 0 Å². The number of anilines is 1. The Morgan fingerprint density at radius 3 is 2.94 bits per heavy atom. The summed E-state index contributed by atoms with van der Waals surface area (Å²) in [4.78, 5) is 5.16. The Balaban J connectivity index is 2.12. The molecule has 3 rings (SSSR count). The van der Waals surface area contributed by atoms with Crippen molar-refractivity contribution in [2.24, 2.45) is 0 Å². The predicted octanol–water partition coefficient (Wildman–Crippen LogP) is 3.11. The molecule has 0 amide bonds. The Bertz CT molecular complexity index is 575. The highest BCUT2D eigenvalue weighted by Gasteiger charge is 2.32. The largest absolute Gasteiger partial charge is 0.487 e. The van der Waals surface area contributed by atoms with E-state index in [0.717, 1.165) is 22.6 Å². The fourth-order valence-corrected chi connectivity index (χ4v) is 2.93. The minimum Gasteiger partial charge on any atom is -0.487 e. The molecule has 0 saturated carbocycles. The van der Waals surface area contributed by atoms with Crippen molar-refractivity contribution in [2.45, 2.75) is 25.9 Å². The third kappa shape index (κ3) is 1.78. The molecule has 0 bridgehead atoms. The lowest BCUT2D eigenvalue weighted by atomic mass is 10.0. The van der Waals surface area contributed by atoms with E-state index >= 15 is 0 Å². The van der Waals surface area contributed by atoms with Crippen molar-refractivity contribution in [1.29, 1.82) is 0 Å². The van der Waals surface area contributed by atoms with E-state index in [2.05, 4.69) is 37.0 Å². The highest BCUT2D eigenvalue weighted by atomic mass is 32.1. The van der Waals surface area contributed by atoms with Crippen molar-refractivity contribution >= 4 is 16.5 Å². The SMILES string of the molecule is CC1(C)Cc2cccc(-c3cnc(N)s3)c2O1. The molecule has 0 fully saturated rings. The molecule has 0 radical (unpaired) electrons. The van der Waals surface area contributed by atoms with Gasteiger partial charge in [0.15, 0.2) is 5.13 Å². The van der Waals surface area contributed by atoms with Crippen molar-refractivity contribution in [2.75, 3.05) is 5.73 Å². The molecule has 17 heavy (non-hydrogen) atoms. The van der Waals surface area contributed by atoms with Gasteiger partial charge in [0.2, 0.25) is 0 Å². The first kappa shape index (κ1) is 10.6. The topological polar surface area (TPSA) is 48.1 Å². The van der Waals surface area contributed by atoms with Crippen molar-refractivity contribution < 1.29 is 4.74 Å². The maximum Gasteiger partial charge on any atom is 0.180 e. The quantitative estimate of drug-likeness (QED) is 0.841. The monoisotopic (exact) mass is 246 g/mol. The number of nitrogen functional groups attached to an aromatic ring is 1. The molecular weight excluding hydrogens is 232 g/mol. The molecule has 1 aliphatic rings. The van der Waals surface area contributed by atoms with E-state index in [-0.39, 0.29) is 5.60 Å². The van der Waals surface area contributed by atoms with E-state index in [9.17, 15) is 0 Å². The van der Waals surface area contributed by atoms with E-state index in [1.807, 2.05) is 6.20 Å². The van der Waals surface area contributed by atoms with Gasteiger partial charge in [0.05, 0.1) is 4.88 Å². The molecule has 0 unspecified atom stereocenters. The van der Waals surface area contributed by atoms with Gasteiger partial charge < -0.3 is 10.5 Å². The second kappa shape index (κ2) is 3.47. The van der Waals surface area contributed by atoms with Crippen LogP contribution < -0.4 is 10.5 Å². The molecule has 1 aliphatic heterocycles. The lowest BCUT2D eigenvalue weighted by Gasteiger charge is -2.17.